The first-order valence-corrected chi connectivity index (χ1v) is 24.6. The molecule has 1 aliphatic heterocycles. The van der Waals surface area contributed by atoms with E-state index in [1.807, 2.05) is 87.9 Å². The van der Waals surface area contributed by atoms with Crippen molar-refractivity contribution in [3.63, 3.8) is 0 Å². The maximum Gasteiger partial charge on any atom is 0.246 e. The number of hydrogen-bond acceptors (Lipinski definition) is 10. The summed E-state index contributed by atoms with van der Waals surface area (Å²) < 4.78 is 40.0. The molecule has 374 valence electrons. The fraction of sp³-hybridized carbons (Fsp3) is 0.431. The number of carbonyl (C=O) groups is 5. The van der Waals surface area contributed by atoms with Gasteiger partial charge in [-0.25, -0.2) is 4.98 Å². The van der Waals surface area contributed by atoms with Crippen LogP contribution in [0.3, 0.4) is 0 Å². The Morgan fingerprint density at radius 2 is 1.66 bits per heavy atom. The highest BCUT2D eigenvalue weighted by atomic mass is 32.1. The Hall–Kier alpha value is -6.15. The van der Waals surface area contributed by atoms with E-state index in [1.54, 1.807) is 39.0 Å². The Morgan fingerprint density at radius 1 is 0.914 bits per heavy atom. The Bertz CT molecular complexity index is 2630. The van der Waals surface area contributed by atoms with Crippen LogP contribution in [0.15, 0.2) is 78.4 Å². The Morgan fingerprint density at radius 3 is 2.36 bits per heavy atom. The molecule has 3 aromatic carbocycles. The number of benzene rings is 3. The lowest BCUT2D eigenvalue weighted by Gasteiger charge is -2.35. The molecule has 70 heavy (non-hydrogen) atoms. The summed E-state index contributed by atoms with van der Waals surface area (Å²) in [5.41, 5.74) is 13.4. The predicted octanol–water partition coefficient (Wildman–Crippen LogP) is 6.64. The van der Waals surface area contributed by atoms with Crippen LogP contribution in [0.2, 0.25) is 0 Å². The molecule has 0 saturated carbocycles. The lowest BCUT2D eigenvalue weighted by Crippen LogP contribution is -2.58. The molecule has 0 bridgehead atoms. The molecular formula is C51H62F2N8O7S2. The lowest BCUT2D eigenvalue weighted by molar-refractivity contribution is -0.144. The highest BCUT2D eigenvalue weighted by molar-refractivity contribution is 7.80. The van der Waals surface area contributed by atoms with Crippen molar-refractivity contribution in [1.82, 2.24) is 30.4 Å². The maximum absolute atomic E-state index is 13.9. The first-order valence-electron chi connectivity index (χ1n) is 23.3. The Labute approximate surface area is 416 Å². The molecule has 1 aliphatic rings. The summed E-state index contributed by atoms with van der Waals surface area (Å²) in [4.78, 5) is 72.9. The number of alkyl halides is 2. The van der Waals surface area contributed by atoms with E-state index in [-0.39, 0.29) is 75.1 Å². The summed E-state index contributed by atoms with van der Waals surface area (Å²) in [5.74, 6) is -2.64. The van der Waals surface area contributed by atoms with Gasteiger partial charge < -0.3 is 45.9 Å². The quantitative estimate of drug-likeness (QED) is 0.0330. The summed E-state index contributed by atoms with van der Waals surface area (Å²) in [6, 6.07) is 19.1. The number of aromatic nitrogens is 2. The molecule has 0 radical (unpaired) electrons. The largest absolute Gasteiger partial charge is 0.389 e. The van der Waals surface area contributed by atoms with Gasteiger partial charge in [-0.05, 0) is 60.1 Å². The number of amides is 5. The van der Waals surface area contributed by atoms with E-state index in [4.69, 9.17) is 27.4 Å². The number of ether oxygens (including phenoxy) is 2. The van der Waals surface area contributed by atoms with Crippen LogP contribution in [0.4, 0.5) is 14.5 Å². The molecule has 2 atom stereocenters. The van der Waals surface area contributed by atoms with Gasteiger partial charge in [0.05, 0.1) is 54.8 Å². The predicted molar refractivity (Wildman–Crippen MR) is 271 cm³/mol. The zero-order valence-electron chi connectivity index (χ0n) is 40.0. The third-order valence-corrected chi connectivity index (χ3v) is 13.2. The zero-order chi connectivity index (χ0) is 50.4. The van der Waals surface area contributed by atoms with Crippen molar-refractivity contribution in [3.8, 4) is 21.6 Å². The number of thiazole rings is 1. The molecule has 1 saturated heterocycles. The molecule has 1 fully saturated rings. The minimum atomic E-state index is -0.898. The molecule has 2 aromatic heterocycles. The Balaban J connectivity index is 0.876. The van der Waals surface area contributed by atoms with Crippen molar-refractivity contribution in [2.45, 2.75) is 78.6 Å². The van der Waals surface area contributed by atoms with Crippen LogP contribution in [0.25, 0.3) is 32.5 Å². The highest BCUT2D eigenvalue weighted by Crippen LogP contribution is 2.34. The van der Waals surface area contributed by atoms with Crippen LogP contribution in [-0.4, -0.2) is 114 Å². The van der Waals surface area contributed by atoms with Crippen molar-refractivity contribution in [1.29, 1.82) is 0 Å². The van der Waals surface area contributed by atoms with Crippen molar-refractivity contribution in [2.24, 2.45) is 17.1 Å². The third kappa shape index (κ3) is 14.5. The van der Waals surface area contributed by atoms with Crippen LogP contribution in [0, 0.1) is 18.3 Å². The van der Waals surface area contributed by atoms with E-state index in [9.17, 15) is 32.8 Å². The average Bonchev–Trinajstić information content (AvgIpc) is 4.10. The monoisotopic (exact) mass is 1000 g/mol. The van der Waals surface area contributed by atoms with Gasteiger partial charge in [0, 0.05) is 73.3 Å². The van der Waals surface area contributed by atoms with Crippen LogP contribution >= 0.6 is 23.6 Å². The summed E-state index contributed by atoms with van der Waals surface area (Å²) in [7, 11) is 0. The standard InChI is InChI=1S/C51H62F2N8O7S2/c1-32-46(70-31-57-32)35-12-10-33(11-13-35)27-56-49(65)41-9-6-19-61(41)50(66)47(51(2,3)4)59-45(64)30-68-22-21-67-20-18-55-43(62)16-17-44(63)58-38-14-15-39-40(36-7-5-8-37(23-36)48(54)69)29-60(42(39)24-38)28-34(25-52)26-53/h5,7-8,10-15,23-24,29,31,34,41,47H,6,9,16-22,25-28,30H2,1-4H3,(H2,54,69)(H,55,62)(H,56,65)(H,58,63)(H,59,64)/t41-,47?/m0/s1. The number of nitrogens with one attached hydrogen (secondary N) is 4. The van der Waals surface area contributed by atoms with Gasteiger partial charge in [0.1, 0.15) is 23.7 Å². The Kier molecular flexibility index (Phi) is 19.1. The van der Waals surface area contributed by atoms with Gasteiger partial charge in [-0.3, -0.25) is 32.8 Å². The van der Waals surface area contributed by atoms with E-state index in [0.717, 1.165) is 38.2 Å². The third-order valence-electron chi connectivity index (χ3n) is 12.0. The van der Waals surface area contributed by atoms with Crippen LogP contribution in [0.5, 0.6) is 0 Å². The van der Waals surface area contributed by atoms with Crippen molar-refractivity contribution in [3.05, 3.63) is 95.3 Å². The zero-order valence-corrected chi connectivity index (χ0v) is 41.6. The number of fused-ring (bicyclic) bond motifs is 1. The normalized spacial score (nSPS) is 14.2. The molecule has 0 aliphatic carbocycles. The highest BCUT2D eigenvalue weighted by Gasteiger charge is 2.42. The minimum Gasteiger partial charge on any atom is -0.389 e. The maximum atomic E-state index is 13.9. The van der Waals surface area contributed by atoms with Crippen molar-refractivity contribution >= 4 is 74.7 Å². The number of likely N-dealkylation sites (tertiary alicyclic amines) is 1. The van der Waals surface area contributed by atoms with Crippen LogP contribution < -0.4 is 27.0 Å². The summed E-state index contributed by atoms with van der Waals surface area (Å²) in [5, 5.41) is 12.1. The number of halogens is 2. The molecule has 6 rings (SSSR count). The first-order chi connectivity index (χ1) is 33.6. The second-order valence-corrected chi connectivity index (χ2v) is 19.6. The van der Waals surface area contributed by atoms with Crippen molar-refractivity contribution in [2.75, 3.05) is 58.2 Å². The summed E-state index contributed by atoms with van der Waals surface area (Å²) >= 11 is 6.73. The summed E-state index contributed by atoms with van der Waals surface area (Å²) in [6.45, 7) is 6.92. The lowest BCUT2D eigenvalue weighted by atomic mass is 9.85. The van der Waals surface area contributed by atoms with Gasteiger partial charge >= 0.3 is 0 Å². The number of thiocarbonyl (C=S) groups is 1. The van der Waals surface area contributed by atoms with Gasteiger partial charge in [0.25, 0.3) is 0 Å². The van der Waals surface area contributed by atoms with Gasteiger partial charge in [-0.1, -0.05) is 81.5 Å². The van der Waals surface area contributed by atoms with E-state index >= 15 is 0 Å². The number of hydrogen-bond donors (Lipinski definition) is 5. The molecule has 3 heterocycles. The molecule has 6 N–H and O–H groups in total. The number of anilines is 1. The second kappa shape index (κ2) is 25.1. The number of carbonyl (C=O) groups excluding carboxylic acids is 5. The summed E-state index contributed by atoms with van der Waals surface area (Å²) in [6.07, 6.45) is 2.84. The van der Waals surface area contributed by atoms with E-state index < -0.39 is 48.6 Å². The topological polar surface area (TPSA) is 199 Å². The molecule has 15 nitrogen and oxygen atoms in total. The minimum absolute atomic E-state index is 0.0748. The van der Waals surface area contributed by atoms with Gasteiger partial charge in [0.2, 0.25) is 29.5 Å². The number of nitrogens with zero attached hydrogens (tertiary/aromatic N) is 3. The van der Waals surface area contributed by atoms with Crippen molar-refractivity contribution < 1.29 is 42.2 Å². The van der Waals surface area contributed by atoms with E-state index in [2.05, 4.69) is 26.3 Å². The molecule has 0 spiro atoms. The molecular weight excluding hydrogens is 939 g/mol. The molecule has 5 aromatic rings. The fourth-order valence-electron chi connectivity index (χ4n) is 8.17. The SMILES string of the molecule is Cc1ncsc1-c1ccc(CNC(=O)[C@@H]2CCCN2C(=O)C(NC(=O)COCCOCCNC(=O)CCC(=O)Nc2ccc3c(-c4cccc(C(N)=S)c4)cn(CC(CF)CF)c3c2)C(C)(C)C)cc1. The fourth-order valence-corrected chi connectivity index (χ4v) is 9.11. The van der Waals surface area contributed by atoms with E-state index in [0.29, 0.717) is 42.7 Å². The first kappa shape index (κ1) is 53.2. The molecule has 19 heteroatoms. The van der Waals surface area contributed by atoms with E-state index in [1.165, 1.54) is 0 Å². The van der Waals surface area contributed by atoms with Crippen LogP contribution in [-0.2, 0) is 46.5 Å². The molecule has 1 unspecified atom stereocenters. The molecule has 5 amide bonds. The second-order valence-electron chi connectivity index (χ2n) is 18.3. The van der Waals surface area contributed by atoms with Gasteiger partial charge in [-0.2, -0.15) is 0 Å². The number of aryl methyl sites for hydroxylation is 1. The number of nitrogens with two attached hydrogens (primary N) is 1. The van der Waals surface area contributed by atoms with Gasteiger partial charge in [-0.15, -0.1) is 11.3 Å². The average molecular weight is 1000 g/mol. The smallest absolute Gasteiger partial charge is 0.246 e. The number of rotatable bonds is 24. The van der Waals surface area contributed by atoms with Crippen LogP contribution in [0.1, 0.15) is 63.3 Å². The van der Waals surface area contributed by atoms with Gasteiger partial charge in [0.15, 0.2) is 0 Å².